The van der Waals surface area contributed by atoms with Gasteiger partial charge in [-0.25, -0.2) is 9.37 Å². The average Bonchev–Trinajstić information content (AvgIpc) is 3.13. The summed E-state index contributed by atoms with van der Waals surface area (Å²) in [6.45, 7) is 3.73. The summed E-state index contributed by atoms with van der Waals surface area (Å²) in [5.74, 6) is 0.792. The van der Waals surface area contributed by atoms with E-state index in [1.54, 1.807) is 31.4 Å². The topological polar surface area (TPSA) is 62.1 Å². The van der Waals surface area contributed by atoms with E-state index in [4.69, 9.17) is 4.42 Å². The molecule has 0 saturated heterocycles. The number of H-pyrrole nitrogens is 1. The Bertz CT molecular complexity index is 963. The summed E-state index contributed by atoms with van der Waals surface area (Å²) in [5, 5.41) is 0. The minimum absolute atomic E-state index is 0.113. The van der Waals surface area contributed by atoms with Gasteiger partial charge in [0.05, 0.1) is 12.0 Å². The van der Waals surface area contributed by atoms with E-state index in [0.29, 0.717) is 36.7 Å². The van der Waals surface area contributed by atoms with Crippen LogP contribution in [0.15, 0.2) is 45.8 Å². The van der Waals surface area contributed by atoms with Crippen molar-refractivity contribution in [3.63, 3.8) is 0 Å². The molecule has 0 bridgehead atoms. The van der Waals surface area contributed by atoms with E-state index in [2.05, 4.69) is 14.9 Å². The first-order valence-electron chi connectivity index (χ1n) is 8.24. The van der Waals surface area contributed by atoms with E-state index in [9.17, 15) is 9.18 Å². The molecule has 1 aliphatic heterocycles. The van der Waals surface area contributed by atoms with Gasteiger partial charge in [0.25, 0.3) is 5.56 Å². The largest absolute Gasteiger partial charge is 0.461 e. The van der Waals surface area contributed by atoms with Gasteiger partial charge in [-0.1, -0.05) is 12.1 Å². The summed E-state index contributed by atoms with van der Waals surface area (Å²) >= 11 is 0. The van der Waals surface area contributed by atoms with Crippen LogP contribution in [0.1, 0.15) is 22.4 Å². The van der Waals surface area contributed by atoms with Crippen LogP contribution in [0.2, 0.25) is 0 Å². The Morgan fingerprint density at radius 2 is 2.20 bits per heavy atom. The molecule has 4 rings (SSSR count). The molecule has 0 fully saturated rings. The van der Waals surface area contributed by atoms with Gasteiger partial charge in [0.15, 0.2) is 11.6 Å². The lowest BCUT2D eigenvalue weighted by molar-refractivity contribution is 0.239. The lowest BCUT2D eigenvalue weighted by Gasteiger charge is -2.28. The highest BCUT2D eigenvalue weighted by atomic mass is 19.1. The minimum Gasteiger partial charge on any atom is -0.461 e. The highest BCUT2D eigenvalue weighted by Crippen LogP contribution is 2.21. The molecular weight excluding hydrogens is 321 g/mol. The van der Waals surface area contributed by atoms with Gasteiger partial charge in [-0.15, -0.1) is 0 Å². The first-order valence-corrected chi connectivity index (χ1v) is 8.24. The van der Waals surface area contributed by atoms with Crippen LogP contribution in [-0.4, -0.2) is 21.4 Å². The smallest absolute Gasteiger partial charge is 0.254 e. The fraction of sp³-hybridized carbons (Fsp3) is 0.263. The van der Waals surface area contributed by atoms with Gasteiger partial charge >= 0.3 is 0 Å². The molecule has 1 aliphatic rings. The zero-order valence-electron chi connectivity index (χ0n) is 13.9. The number of rotatable bonds is 3. The van der Waals surface area contributed by atoms with Crippen molar-refractivity contribution in [3.8, 4) is 11.6 Å². The number of nitrogens with one attached hydrogen (secondary N) is 1. The average molecular weight is 339 g/mol. The van der Waals surface area contributed by atoms with Gasteiger partial charge in [0, 0.05) is 25.2 Å². The summed E-state index contributed by atoms with van der Waals surface area (Å²) in [5.41, 5.74) is 3.00. The minimum atomic E-state index is -0.190. The second-order valence-corrected chi connectivity index (χ2v) is 6.30. The molecule has 1 N–H and O–H groups in total. The Morgan fingerprint density at radius 1 is 1.32 bits per heavy atom. The van der Waals surface area contributed by atoms with Gasteiger partial charge in [-0.05, 0) is 42.7 Å². The standard InChI is InChI=1S/C19H18FN3O2/c1-12-13(4-2-5-15(12)20)10-23-8-7-14-16(11-23)21-18(22-19(14)24)17-6-3-9-25-17/h2-6,9H,7-8,10-11H2,1H3,(H,21,22,24). The highest BCUT2D eigenvalue weighted by molar-refractivity contribution is 5.47. The summed E-state index contributed by atoms with van der Waals surface area (Å²) in [4.78, 5) is 21.9. The zero-order chi connectivity index (χ0) is 17.4. The maximum atomic E-state index is 13.7. The molecule has 3 heterocycles. The van der Waals surface area contributed by atoms with Gasteiger partial charge in [-0.3, -0.25) is 9.69 Å². The number of aromatic amines is 1. The van der Waals surface area contributed by atoms with Crippen molar-refractivity contribution in [2.45, 2.75) is 26.4 Å². The fourth-order valence-electron chi connectivity index (χ4n) is 3.22. The van der Waals surface area contributed by atoms with Crippen LogP contribution in [-0.2, 0) is 19.5 Å². The molecule has 3 aromatic rings. The SMILES string of the molecule is Cc1c(F)cccc1CN1CCc2c(nc(-c3ccco3)[nH]c2=O)C1. The van der Waals surface area contributed by atoms with Crippen molar-refractivity contribution in [1.29, 1.82) is 0 Å². The number of furan rings is 1. The summed E-state index contributed by atoms with van der Waals surface area (Å²) in [6, 6.07) is 8.66. The number of benzene rings is 1. The Kier molecular flexibility index (Phi) is 3.97. The fourth-order valence-corrected chi connectivity index (χ4v) is 3.22. The van der Waals surface area contributed by atoms with Crippen molar-refractivity contribution in [2.24, 2.45) is 0 Å². The maximum Gasteiger partial charge on any atom is 0.254 e. The molecule has 0 spiro atoms. The maximum absolute atomic E-state index is 13.7. The molecule has 0 atom stereocenters. The first kappa shape index (κ1) is 15.8. The number of halogens is 1. The van der Waals surface area contributed by atoms with Crippen molar-refractivity contribution >= 4 is 0 Å². The molecule has 0 amide bonds. The second-order valence-electron chi connectivity index (χ2n) is 6.30. The van der Waals surface area contributed by atoms with E-state index in [1.807, 2.05) is 6.07 Å². The first-order chi connectivity index (χ1) is 12.1. The lowest BCUT2D eigenvalue weighted by atomic mass is 10.0. The Labute approximate surface area is 144 Å². The van der Waals surface area contributed by atoms with Crippen molar-refractivity contribution in [3.05, 3.63) is 75.2 Å². The van der Waals surface area contributed by atoms with Gasteiger partial charge in [-0.2, -0.15) is 0 Å². The van der Waals surface area contributed by atoms with Crippen LogP contribution in [0.5, 0.6) is 0 Å². The zero-order valence-corrected chi connectivity index (χ0v) is 13.9. The third-order valence-electron chi connectivity index (χ3n) is 4.68. The van der Waals surface area contributed by atoms with E-state index < -0.39 is 0 Å². The predicted molar refractivity (Wildman–Crippen MR) is 91.5 cm³/mol. The molecule has 0 unspecified atom stereocenters. The van der Waals surface area contributed by atoms with Crippen LogP contribution in [0.4, 0.5) is 4.39 Å². The van der Waals surface area contributed by atoms with Crippen LogP contribution in [0, 0.1) is 12.7 Å². The quantitative estimate of drug-likeness (QED) is 0.797. The monoisotopic (exact) mass is 339 g/mol. The van der Waals surface area contributed by atoms with Gasteiger partial charge in [0.1, 0.15) is 5.82 Å². The molecule has 0 saturated carbocycles. The Balaban J connectivity index is 1.62. The van der Waals surface area contributed by atoms with Crippen molar-refractivity contribution in [2.75, 3.05) is 6.54 Å². The summed E-state index contributed by atoms with van der Waals surface area (Å²) in [6.07, 6.45) is 2.18. The predicted octanol–water partition coefficient (Wildman–Crippen LogP) is 3.04. The Morgan fingerprint density at radius 3 is 3.00 bits per heavy atom. The molecule has 6 heteroatoms. The van der Waals surface area contributed by atoms with E-state index in [1.165, 1.54) is 6.07 Å². The van der Waals surface area contributed by atoms with E-state index in [-0.39, 0.29) is 11.4 Å². The third-order valence-corrected chi connectivity index (χ3v) is 4.68. The number of hydrogen-bond donors (Lipinski definition) is 1. The number of aromatic nitrogens is 2. The van der Waals surface area contributed by atoms with Crippen LogP contribution >= 0.6 is 0 Å². The number of fused-ring (bicyclic) bond motifs is 1. The van der Waals surface area contributed by atoms with Crippen LogP contribution in [0.3, 0.4) is 0 Å². The van der Waals surface area contributed by atoms with E-state index >= 15 is 0 Å². The van der Waals surface area contributed by atoms with Crippen molar-refractivity contribution in [1.82, 2.24) is 14.9 Å². The van der Waals surface area contributed by atoms with Crippen molar-refractivity contribution < 1.29 is 8.81 Å². The molecule has 5 nitrogen and oxygen atoms in total. The molecule has 128 valence electrons. The number of hydrogen-bond acceptors (Lipinski definition) is 4. The second kappa shape index (κ2) is 6.29. The lowest BCUT2D eigenvalue weighted by Crippen LogP contribution is -2.35. The third kappa shape index (κ3) is 3.00. The summed E-state index contributed by atoms with van der Waals surface area (Å²) in [7, 11) is 0. The summed E-state index contributed by atoms with van der Waals surface area (Å²) < 4.78 is 19.1. The van der Waals surface area contributed by atoms with Gasteiger partial charge in [0.2, 0.25) is 0 Å². The molecule has 0 radical (unpaired) electrons. The van der Waals surface area contributed by atoms with Crippen LogP contribution < -0.4 is 5.56 Å². The Hall–Kier alpha value is -2.73. The highest BCUT2D eigenvalue weighted by Gasteiger charge is 2.22. The molecule has 0 aliphatic carbocycles. The van der Waals surface area contributed by atoms with Gasteiger partial charge < -0.3 is 9.40 Å². The molecule has 1 aromatic carbocycles. The number of nitrogens with zero attached hydrogens (tertiary/aromatic N) is 2. The van der Waals surface area contributed by atoms with E-state index in [0.717, 1.165) is 23.4 Å². The molecule has 25 heavy (non-hydrogen) atoms. The molecular formula is C19H18FN3O2. The molecule has 2 aromatic heterocycles. The normalized spacial score (nSPS) is 14.5. The van der Waals surface area contributed by atoms with Crippen LogP contribution in [0.25, 0.3) is 11.6 Å².